The zero-order valence-corrected chi connectivity index (χ0v) is 8.69. The molecule has 1 N–H and O–H groups in total. The smallest absolute Gasteiger partial charge is 0.136 e. The summed E-state index contributed by atoms with van der Waals surface area (Å²) in [6, 6.07) is 5.66. The second-order valence-electron chi connectivity index (χ2n) is 4.04. The number of rotatable bonds is 1. The van der Waals surface area contributed by atoms with Gasteiger partial charge in [-0.25, -0.2) is 4.39 Å². The summed E-state index contributed by atoms with van der Waals surface area (Å²) in [4.78, 5) is 3.13. The molecule has 1 aromatic heterocycles. The Labute approximate surface area is 82.9 Å². The van der Waals surface area contributed by atoms with Crippen LogP contribution in [0.3, 0.4) is 0 Å². The van der Waals surface area contributed by atoms with E-state index in [1.165, 1.54) is 0 Å². The van der Waals surface area contributed by atoms with Gasteiger partial charge >= 0.3 is 0 Å². The highest BCUT2D eigenvalue weighted by Crippen LogP contribution is 2.26. The topological polar surface area (TPSA) is 15.8 Å². The molecule has 0 spiro atoms. The lowest BCUT2D eigenvalue weighted by Crippen LogP contribution is -1.92. The van der Waals surface area contributed by atoms with E-state index in [0.29, 0.717) is 5.39 Å². The quantitative estimate of drug-likeness (QED) is 0.706. The molecule has 0 aliphatic rings. The summed E-state index contributed by atoms with van der Waals surface area (Å²) in [6.45, 7) is 5.95. The van der Waals surface area contributed by atoms with E-state index in [2.05, 4.69) is 4.98 Å². The van der Waals surface area contributed by atoms with Crippen molar-refractivity contribution in [2.24, 2.45) is 0 Å². The van der Waals surface area contributed by atoms with Gasteiger partial charge in [0.05, 0.1) is 0 Å². The second kappa shape index (κ2) is 3.12. The molecule has 0 bridgehead atoms. The Morgan fingerprint density at radius 1 is 1.29 bits per heavy atom. The van der Waals surface area contributed by atoms with Gasteiger partial charge in [0.15, 0.2) is 0 Å². The van der Waals surface area contributed by atoms with Gasteiger partial charge in [-0.15, -0.1) is 0 Å². The van der Waals surface area contributed by atoms with Crippen LogP contribution in [0.5, 0.6) is 0 Å². The molecular weight excluding hydrogens is 177 g/mol. The van der Waals surface area contributed by atoms with Crippen LogP contribution in [0.4, 0.5) is 4.39 Å². The van der Waals surface area contributed by atoms with E-state index in [1.54, 1.807) is 0 Å². The number of nitrogens with one attached hydrogen (secondary N) is 1. The Bertz CT molecular complexity index is 468. The molecule has 0 aliphatic heterocycles. The lowest BCUT2D eigenvalue weighted by Gasteiger charge is -2.06. The van der Waals surface area contributed by atoms with Crippen molar-refractivity contribution in [2.75, 3.05) is 0 Å². The summed E-state index contributed by atoms with van der Waals surface area (Å²) in [7, 11) is 0. The second-order valence-corrected chi connectivity index (χ2v) is 4.04. The Kier molecular flexibility index (Phi) is 2.06. The molecular formula is C12H14FN. The molecule has 2 heteroatoms. The third-order valence-electron chi connectivity index (χ3n) is 2.52. The third kappa shape index (κ3) is 1.31. The Morgan fingerprint density at radius 3 is 2.64 bits per heavy atom. The SMILES string of the molecule is Cc1cc2c(F)c(C(C)C)ccc2[nH]1. The van der Waals surface area contributed by atoms with Crippen LogP contribution in [0.15, 0.2) is 18.2 Å². The van der Waals surface area contributed by atoms with E-state index >= 15 is 0 Å². The van der Waals surface area contributed by atoms with Crippen molar-refractivity contribution in [2.45, 2.75) is 26.7 Å². The van der Waals surface area contributed by atoms with Crippen molar-refractivity contribution in [3.63, 3.8) is 0 Å². The molecule has 0 aliphatic carbocycles. The van der Waals surface area contributed by atoms with Crippen LogP contribution in [0.25, 0.3) is 10.9 Å². The molecule has 1 nitrogen and oxygen atoms in total. The number of aromatic nitrogens is 1. The maximum atomic E-state index is 13.9. The molecule has 0 radical (unpaired) electrons. The minimum atomic E-state index is -0.0816. The number of aromatic amines is 1. The van der Waals surface area contributed by atoms with Gasteiger partial charge in [0.1, 0.15) is 5.82 Å². The molecule has 2 aromatic rings. The van der Waals surface area contributed by atoms with E-state index in [1.807, 2.05) is 39.0 Å². The van der Waals surface area contributed by atoms with Crippen molar-refractivity contribution >= 4 is 10.9 Å². The number of halogens is 1. The minimum absolute atomic E-state index is 0.0816. The first-order valence-corrected chi connectivity index (χ1v) is 4.87. The molecule has 0 unspecified atom stereocenters. The van der Waals surface area contributed by atoms with Crippen molar-refractivity contribution in [1.82, 2.24) is 4.98 Å². The fourth-order valence-corrected chi connectivity index (χ4v) is 1.77. The van der Waals surface area contributed by atoms with Gasteiger partial charge in [-0.3, -0.25) is 0 Å². The van der Waals surface area contributed by atoms with Crippen molar-refractivity contribution < 1.29 is 4.39 Å². The zero-order valence-electron chi connectivity index (χ0n) is 8.69. The van der Waals surface area contributed by atoms with Crippen molar-refractivity contribution in [1.29, 1.82) is 0 Å². The van der Waals surface area contributed by atoms with E-state index in [9.17, 15) is 4.39 Å². The van der Waals surface area contributed by atoms with Crippen LogP contribution in [-0.4, -0.2) is 4.98 Å². The normalized spacial score (nSPS) is 11.5. The third-order valence-corrected chi connectivity index (χ3v) is 2.52. The van der Waals surface area contributed by atoms with E-state index in [4.69, 9.17) is 0 Å². The number of aryl methyl sites for hydroxylation is 1. The van der Waals surface area contributed by atoms with E-state index in [-0.39, 0.29) is 11.7 Å². The molecule has 14 heavy (non-hydrogen) atoms. The van der Waals surface area contributed by atoms with Crippen LogP contribution in [0, 0.1) is 12.7 Å². The lowest BCUT2D eigenvalue weighted by molar-refractivity contribution is 0.610. The molecule has 1 aromatic carbocycles. The fourth-order valence-electron chi connectivity index (χ4n) is 1.77. The van der Waals surface area contributed by atoms with Crippen LogP contribution >= 0.6 is 0 Å². The van der Waals surface area contributed by atoms with Gasteiger partial charge in [0.2, 0.25) is 0 Å². The maximum Gasteiger partial charge on any atom is 0.136 e. The van der Waals surface area contributed by atoms with Crippen molar-refractivity contribution in [3.8, 4) is 0 Å². The number of hydrogen-bond donors (Lipinski definition) is 1. The van der Waals surface area contributed by atoms with Gasteiger partial charge in [-0.2, -0.15) is 0 Å². The molecule has 0 saturated heterocycles. The minimum Gasteiger partial charge on any atom is -0.359 e. The van der Waals surface area contributed by atoms with Crippen LogP contribution in [-0.2, 0) is 0 Å². The monoisotopic (exact) mass is 191 g/mol. The molecule has 74 valence electrons. The Hall–Kier alpha value is -1.31. The van der Waals surface area contributed by atoms with Crippen LogP contribution in [0.2, 0.25) is 0 Å². The largest absolute Gasteiger partial charge is 0.359 e. The summed E-state index contributed by atoms with van der Waals surface area (Å²) >= 11 is 0. The molecule has 0 amide bonds. The predicted molar refractivity (Wildman–Crippen MR) is 57.1 cm³/mol. The molecule has 1 heterocycles. The molecule has 2 rings (SSSR count). The highest BCUT2D eigenvalue weighted by Gasteiger charge is 2.11. The Balaban J connectivity index is 2.74. The molecule has 0 saturated carbocycles. The molecule has 0 fully saturated rings. The predicted octanol–water partition coefficient (Wildman–Crippen LogP) is 3.74. The first-order chi connectivity index (χ1) is 6.59. The van der Waals surface area contributed by atoms with E-state index < -0.39 is 0 Å². The lowest BCUT2D eigenvalue weighted by atomic mass is 10.0. The van der Waals surface area contributed by atoms with Gasteiger partial charge < -0.3 is 4.98 Å². The molecule has 0 atom stereocenters. The highest BCUT2D eigenvalue weighted by molar-refractivity contribution is 5.82. The van der Waals surface area contributed by atoms with Gasteiger partial charge in [0, 0.05) is 16.6 Å². The number of hydrogen-bond acceptors (Lipinski definition) is 0. The zero-order chi connectivity index (χ0) is 10.3. The average Bonchev–Trinajstić information content (AvgIpc) is 2.46. The number of benzene rings is 1. The van der Waals surface area contributed by atoms with Gasteiger partial charge in [0.25, 0.3) is 0 Å². The van der Waals surface area contributed by atoms with Gasteiger partial charge in [-0.05, 0) is 30.5 Å². The van der Waals surface area contributed by atoms with Crippen LogP contribution < -0.4 is 0 Å². The highest BCUT2D eigenvalue weighted by atomic mass is 19.1. The Morgan fingerprint density at radius 2 is 2.00 bits per heavy atom. The van der Waals surface area contributed by atoms with Crippen molar-refractivity contribution in [3.05, 3.63) is 35.3 Å². The summed E-state index contributed by atoms with van der Waals surface area (Å²) in [5.74, 6) is 0.149. The first-order valence-electron chi connectivity index (χ1n) is 4.87. The standard InChI is InChI=1S/C12H14FN/c1-7(2)9-4-5-11-10(12(9)13)6-8(3)14-11/h4-7,14H,1-3H3. The first kappa shape index (κ1) is 9.25. The summed E-state index contributed by atoms with van der Waals surface area (Å²) in [6.07, 6.45) is 0. The van der Waals surface area contributed by atoms with Gasteiger partial charge in [-0.1, -0.05) is 19.9 Å². The number of H-pyrrole nitrogens is 1. The summed E-state index contributed by atoms with van der Waals surface area (Å²) < 4.78 is 13.9. The maximum absolute atomic E-state index is 13.9. The fraction of sp³-hybridized carbons (Fsp3) is 0.333. The van der Waals surface area contributed by atoms with Crippen LogP contribution in [0.1, 0.15) is 31.0 Å². The number of fused-ring (bicyclic) bond motifs is 1. The summed E-state index contributed by atoms with van der Waals surface area (Å²) in [5, 5.41) is 0.703. The average molecular weight is 191 g/mol. The van der Waals surface area contributed by atoms with E-state index in [0.717, 1.165) is 16.8 Å². The summed E-state index contributed by atoms with van der Waals surface area (Å²) in [5.41, 5.74) is 2.67.